The van der Waals surface area contributed by atoms with Gasteiger partial charge in [0.1, 0.15) is 0 Å². The Labute approximate surface area is 239 Å². The molecule has 0 saturated heterocycles. The smallest absolute Gasteiger partial charge is 0.305 e. The number of hydrogen-bond acceptors (Lipinski definition) is 3. The minimum absolute atomic E-state index is 0.0945. The van der Waals surface area contributed by atoms with E-state index in [9.17, 15) is 19.5 Å². The van der Waals surface area contributed by atoms with Crippen molar-refractivity contribution in [2.24, 2.45) is 0 Å². The maximum absolute atomic E-state index is 13.8. The van der Waals surface area contributed by atoms with Crippen LogP contribution in [0.2, 0.25) is 5.02 Å². The molecule has 0 saturated carbocycles. The van der Waals surface area contributed by atoms with Gasteiger partial charge in [0.25, 0.3) is 11.8 Å². The third-order valence-electron chi connectivity index (χ3n) is 6.64. The van der Waals surface area contributed by atoms with Crippen LogP contribution in [-0.4, -0.2) is 40.9 Å². The first-order valence-corrected chi connectivity index (χ1v) is 13.6. The summed E-state index contributed by atoms with van der Waals surface area (Å²) >= 11 is 6.25. The molecule has 0 fully saturated rings. The highest BCUT2D eigenvalue weighted by Gasteiger charge is 2.22. The lowest BCUT2D eigenvalue weighted by Crippen LogP contribution is -2.34. The number of carboxylic acids is 1. The molecule has 0 bridgehead atoms. The third-order valence-corrected chi connectivity index (χ3v) is 7.00. The molecule has 2 amide bonds. The van der Waals surface area contributed by atoms with E-state index in [1.54, 1.807) is 35.2 Å². The number of nitrogens with one attached hydrogen (secondary N) is 1. The van der Waals surface area contributed by atoms with Gasteiger partial charge >= 0.3 is 5.97 Å². The lowest BCUT2D eigenvalue weighted by atomic mass is 9.94. The fourth-order valence-corrected chi connectivity index (χ4v) is 4.77. The van der Waals surface area contributed by atoms with Crippen molar-refractivity contribution in [1.82, 2.24) is 10.2 Å². The molecule has 0 aliphatic rings. The number of aryl methyl sites for hydroxylation is 1. The average molecular weight is 555 g/mol. The van der Waals surface area contributed by atoms with Crippen molar-refractivity contribution in [2.45, 2.75) is 25.8 Å². The molecule has 7 heteroatoms. The Morgan fingerprint density at radius 1 is 0.725 bits per heavy atom. The van der Waals surface area contributed by atoms with Crippen molar-refractivity contribution in [2.75, 3.05) is 13.1 Å². The number of benzene rings is 4. The summed E-state index contributed by atoms with van der Waals surface area (Å²) in [6, 6.07) is 31.6. The minimum atomic E-state index is -0.963. The second kappa shape index (κ2) is 14.1. The molecule has 0 radical (unpaired) electrons. The summed E-state index contributed by atoms with van der Waals surface area (Å²) < 4.78 is 0. The molecule has 4 aromatic carbocycles. The lowest BCUT2D eigenvalue weighted by Gasteiger charge is -2.24. The summed E-state index contributed by atoms with van der Waals surface area (Å²) in [7, 11) is 0. The number of rotatable bonds is 12. The van der Waals surface area contributed by atoms with Crippen LogP contribution in [0.1, 0.15) is 44.7 Å². The number of carbonyl (C=O) groups excluding carboxylic acids is 2. The molecule has 0 spiro atoms. The topological polar surface area (TPSA) is 86.7 Å². The van der Waals surface area contributed by atoms with Crippen molar-refractivity contribution < 1.29 is 19.5 Å². The molecule has 0 unspecified atom stereocenters. The first-order chi connectivity index (χ1) is 19.4. The predicted octanol–water partition coefficient (Wildman–Crippen LogP) is 6.49. The van der Waals surface area contributed by atoms with Gasteiger partial charge in [-0.25, -0.2) is 0 Å². The van der Waals surface area contributed by atoms with Gasteiger partial charge < -0.3 is 15.3 Å². The number of nitrogens with zero attached hydrogens (tertiary/aromatic N) is 1. The molecule has 0 heterocycles. The molecular weight excluding hydrogens is 524 g/mol. The number of amides is 2. The maximum atomic E-state index is 13.8. The second-order valence-corrected chi connectivity index (χ2v) is 9.80. The van der Waals surface area contributed by atoms with Crippen molar-refractivity contribution in [3.63, 3.8) is 0 Å². The standard InChI is InChI=1S/C33H31ClN2O4/c34-30-19-9-4-14-25(30)23-35-32(39)28-17-7-5-15-26(28)27-16-6-8-18-29(27)33(40)36(22-20-31(37)38)21-10-13-24-11-2-1-3-12-24/h1-9,11-12,14-19H,10,13,20-23H2,(H,35,39)(H,37,38). The highest BCUT2D eigenvalue weighted by Crippen LogP contribution is 2.29. The van der Waals surface area contributed by atoms with Crippen LogP contribution in [0.25, 0.3) is 11.1 Å². The molecule has 2 N–H and O–H groups in total. The first kappa shape index (κ1) is 28.6. The van der Waals surface area contributed by atoms with E-state index in [-0.39, 0.29) is 31.3 Å². The molecule has 0 aliphatic heterocycles. The van der Waals surface area contributed by atoms with E-state index in [0.717, 1.165) is 17.5 Å². The summed E-state index contributed by atoms with van der Waals surface area (Å²) in [4.78, 5) is 40.1. The number of aliphatic carboxylic acids is 1. The summed E-state index contributed by atoms with van der Waals surface area (Å²) in [5, 5.41) is 12.8. The zero-order chi connectivity index (χ0) is 28.3. The number of hydrogen-bond donors (Lipinski definition) is 2. The number of halogens is 1. The zero-order valence-electron chi connectivity index (χ0n) is 22.1. The van der Waals surface area contributed by atoms with Gasteiger partial charge in [-0.2, -0.15) is 0 Å². The van der Waals surface area contributed by atoms with Crippen LogP contribution in [0.5, 0.6) is 0 Å². The summed E-state index contributed by atoms with van der Waals surface area (Å²) in [6.07, 6.45) is 1.31. The Morgan fingerprint density at radius 3 is 2.02 bits per heavy atom. The van der Waals surface area contributed by atoms with Crippen LogP contribution in [0, 0.1) is 0 Å². The fourth-order valence-electron chi connectivity index (χ4n) is 4.57. The van der Waals surface area contributed by atoms with Crippen molar-refractivity contribution in [1.29, 1.82) is 0 Å². The summed E-state index contributed by atoms with van der Waals surface area (Å²) in [6.45, 7) is 0.768. The summed E-state index contributed by atoms with van der Waals surface area (Å²) in [5.74, 6) is -1.52. The van der Waals surface area contributed by atoms with Gasteiger partial charge in [-0.1, -0.05) is 96.5 Å². The highest BCUT2D eigenvalue weighted by atomic mass is 35.5. The molecule has 204 valence electrons. The molecule has 6 nitrogen and oxygen atoms in total. The molecule has 40 heavy (non-hydrogen) atoms. The Balaban J connectivity index is 1.57. The van der Waals surface area contributed by atoms with Gasteiger partial charge in [0, 0.05) is 35.8 Å². The average Bonchev–Trinajstić information content (AvgIpc) is 2.98. The molecule has 0 atom stereocenters. The van der Waals surface area contributed by atoms with Crippen molar-refractivity contribution in [3.8, 4) is 11.1 Å². The highest BCUT2D eigenvalue weighted by molar-refractivity contribution is 6.31. The van der Waals surface area contributed by atoms with E-state index in [2.05, 4.69) is 5.32 Å². The van der Waals surface area contributed by atoms with Gasteiger partial charge in [-0.05, 0) is 53.3 Å². The number of carbonyl (C=O) groups is 3. The largest absolute Gasteiger partial charge is 0.481 e. The quantitative estimate of drug-likeness (QED) is 0.210. The Hall–Kier alpha value is -4.42. The number of carboxylic acid groups (broad SMARTS) is 1. The van der Waals surface area contributed by atoms with Crippen LogP contribution < -0.4 is 5.32 Å². The molecule has 0 aliphatic carbocycles. The van der Waals surface area contributed by atoms with Crippen LogP contribution in [0.3, 0.4) is 0 Å². The van der Waals surface area contributed by atoms with E-state index < -0.39 is 5.97 Å². The first-order valence-electron chi connectivity index (χ1n) is 13.2. The zero-order valence-corrected chi connectivity index (χ0v) is 22.8. The van der Waals surface area contributed by atoms with Gasteiger partial charge in [-0.3, -0.25) is 14.4 Å². The normalized spacial score (nSPS) is 10.6. The van der Waals surface area contributed by atoms with E-state index in [4.69, 9.17) is 11.6 Å². The van der Waals surface area contributed by atoms with Gasteiger partial charge in [0.15, 0.2) is 0 Å². The predicted molar refractivity (Wildman–Crippen MR) is 157 cm³/mol. The monoisotopic (exact) mass is 554 g/mol. The molecule has 4 aromatic rings. The maximum Gasteiger partial charge on any atom is 0.305 e. The Morgan fingerprint density at radius 2 is 1.32 bits per heavy atom. The van der Waals surface area contributed by atoms with Gasteiger partial charge in [0.05, 0.1) is 6.42 Å². The summed E-state index contributed by atoms with van der Waals surface area (Å²) in [5.41, 5.74) is 4.03. The van der Waals surface area contributed by atoms with Crippen LogP contribution in [0.15, 0.2) is 103 Å². The van der Waals surface area contributed by atoms with Crippen LogP contribution >= 0.6 is 11.6 Å². The Bertz CT molecular complexity index is 1470. The fraction of sp³-hybridized carbons (Fsp3) is 0.182. The molecule has 4 rings (SSSR count). The van der Waals surface area contributed by atoms with Gasteiger partial charge in [-0.15, -0.1) is 0 Å². The van der Waals surface area contributed by atoms with Gasteiger partial charge in [0.2, 0.25) is 0 Å². The molecular formula is C33H31ClN2O4. The van der Waals surface area contributed by atoms with E-state index in [1.165, 1.54) is 0 Å². The van der Waals surface area contributed by atoms with E-state index >= 15 is 0 Å². The van der Waals surface area contributed by atoms with E-state index in [1.807, 2.05) is 72.8 Å². The van der Waals surface area contributed by atoms with Crippen LogP contribution in [0.4, 0.5) is 0 Å². The Kier molecular flexibility index (Phi) is 10.1. The van der Waals surface area contributed by atoms with Crippen molar-refractivity contribution in [3.05, 3.63) is 130 Å². The SMILES string of the molecule is O=C(O)CCN(CCCc1ccccc1)C(=O)c1ccccc1-c1ccccc1C(=O)NCc1ccccc1Cl. The minimum Gasteiger partial charge on any atom is -0.481 e. The second-order valence-electron chi connectivity index (χ2n) is 9.39. The lowest BCUT2D eigenvalue weighted by molar-refractivity contribution is -0.137. The van der Waals surface area contributed by atoms with Crippen LogP contribution in [-0.2, 0) is 17.8 Å². The molecule has 0 aromatic heterocycles. The van der Waals surface area contributed by atoms with Crippen molar-refractivity contribution >= 4 is 29.4 Å². The third kappa shape index (κ3) is 7.58. The van der Waals surface area contributed by atoms with E-state index in [0.29, 0.717) is 40.2 Å².